The largest absolute Gasteiger partial charge is 0.298 e. The highest BCUT2D eigenvalue weighted by Gasteiger charge is 2.30. The Bertz CT molecular complexity index is 347. The van der Waals surface area contributed by atoms with Crippen molar-refractivity contribution in [1.29, 1.82) is 0 Å². The van der Waals surface area contributed by atoms with Gasteiger partial charge in [0, 0.05) is 5.92 Å². The number of benzene rings is 1. The lowest BCUT2D eigenvalue weighted by Crippen LogP contribution is -2.26. The molecular formula is C14H17ClO. The van der Waals surface area contributed by atoms with Crippen LogP contribution in [0.1, 0.15) is 37.2 Å². The molecule has 0 spiro atoms. The lowest BCUT2D eigenvalue weighted by molar-refractivity contribution is -0.121. The van der Waals surface area contributed by atoms with E-state index in [0.717, 1.165) is 19.3 Å². The summed E-state index contributed by atoms with van der Waals surface area (Å²) in [6, 6.07) is 10.4. The van der Waals surface area contributed by atoms with Gasteiger partial charge in [-0.3, -0.25) is 4.79 Å². The SMILES string of the molecule is O=C(CCl)[C@H]1CCCC[C@@H]1c1ccccc1. The minimum atomic E-state index is 0.147. The minimum Gasteiger partial charge on any atom is -0.298 e. The monoisotopic (exact) mass is 236 g/mol. The molecular weight excluding hydrogens is 220 g/mol. The lowest BCUT2D eigenvalue weighted by atomic mass is 9.74. The van der Waals surface area contributed by atoms with E-state index in [4.69, 9.17) is 11.6 Å². The van der Waals surface area contributed by atoms with E-state index in [9.17, 15) is 4.79 Å². The Kier molecular flexibility index (Phi) is 4.00. The molecule has 0 unspecified atom stereocenters. The van der Waals surface area contributed by atoms with Gasteiger partial charge in [0.2, 0.25) is 0 Å². The Morgan fingerprint density at radius 2 is 1.88 bits per heavy atom. The van der Waals surface area contributed by atoms with Crippen LogP contribution in [0.25, 0.3) is 0 Å². The third kappa shape index (κ3) is 2.46. The molecule has 1 fully saturated rings. The van der Waals surface area contributed by atoms with Crippen LogP contribution in [-0.2, 0) is 4.79 Å². The molecule has 86 valence electrons. The summed E-state index contributed by atoms with van der Waals surface area (Å²) in [5.41, 5.74) is 1.30. The first kappa shape index (κ1) is 11.7. The van der Waals surface area contributed by atoms with Crippen molar-refractivity contribution in [2.45, 2.75) is 31.6 Å². The summed E-state index contributed by atoms with van der Waals surface area (Å²) in [6.45, 7) is 0. The first-order valence-corrected chi connectivity index (χ1v) is 6.50. The van der Waals surface area contributed by atoms with Crippen LogP contribution in [0, 0.1) is 5.92 Å². The maximum Gasteiger partial charge on any atom is 0.151 e. The Labute approximate surface area is 102 Å². The van der Waals surface area contributed by atoms with Gasteiger partial charge in [-0.1, -0.05) is 43.2 Å². The lowest BCUT2D eigenvalue weighted by Gasteiger charge is -2.30. The highest BCUT2D eigenvalue weighted by atomic mass is 35.5. The van der Waals surface area contributed by atoms with Gasteiger partial charge < -0.3 is 0 Å². The smallest absolute Gasteiger partial charge is 0.151 e. The van der Waals surface area contributed by atoms with Crippen LogP contribution in [0.5, 0.6) is 0 Å². The van der Waals surface area contributed by atoms with E-state index in [1.54, 1.807) is 0 Å². The van der Waals surface area contributed by atoms with Crippen LogP contribution in [0.3, 0.4) is 0 Å². The number of hydrogen-bond acceptors (Lipinski definition) is 1. The average Bonchev–Trinajstić information content (AvgIpc) is 2.39. The van der Waals surface area contributed by atoms with E-state index < -0.39 is 0 Å². The second-order valence-electron chi connectivity index (χ2n) is 4.51. The molecule has 1 aromatic carbocycles. The Morgan fingerprint density at radius 3 is 2.56 bits per heavy atom. The Balaban J connectivity index is 2.20. The molecule has 0 saturated heterocycles. The third-order valence-corrected chi connectivity index (χ3v) is 3.80. The normalized spacial score (nSPS) is 25.3. The molecule has 0 heterocycles. The van der Waals surface area contributed by atoms with Crippen molar-refractivity contribution in [3.8, 4) is 0 Å². The van der Waals surface area contributed by atoms with Gasteiger partial charge in [0.15, 0.2) is 5.78 Å². The van der Waals surface area contributed by atoms with E-state index in [1.807, 2.05) is 18.2 Å². The number of hydrogen-bond donors (Lipinski definition) is 0. The minimum absolute atomic E-state index is 0.147. The van der Waals surface area contributed by atoms with Crippen molar-refractivity contribution in [3.05, 3.63) is 35.9 Å². The molecule has 1 aromatic rings. The summed E-state index contributed by atoms with van der Waals surface area (Å²) in [7, 11) is 0. The van der Waals surface area contributed by atoms with Gasteiger partial charge in [0.05, 0.1) is 5.88 Å². The number of rotatable bonds is 3. The summed E-state index contributed by atoms with van der Waals surface area (Å²) in [5.74, 6) is 0.915. The zero-order chi connectivity index (χ0) is 11.4. The average molecular weight is 237 g/mol. The van der Waals surface area contributed by atoms with Gasteiger partial charge in [0.25, 0.3) is 0 Å². The van der Waals surface area contributed by atoms with E-state index >= 15 is 0 Å². The van der Waals surface area contributed by atoms with Crippen LogP contribution in [-0.4, -0.2) is 11.7 Å². The second-order valence-corrected chi connectivity index (χ2v) is 4.78. The number of Topliss-reactive ketones (excluding diaryl/α,β-unsaturated/α-hetero) is 1. The maximum atomic E-state index is 11.8. The van der Waals surface area contributed by atoms with Crippen LogP contribution in [0.4, 0.5) is 0 Å². The van der Waals surface area contributed by atoms with Crippen molar-refractivity contribution >= 4 is 17.4 Å². The van der Waals surface area contributed by atoms with E-state index in [1.165, 1.54) is 12.0 Å². The fraction of sp³-hybridized carbons (Fsp3) is 0.500. The molecule has 0 radical (unpaired) electrons. The van der Waals surface area contributed by atoms with Crippen LogP contribution in [0.2, 0.25) is 0 Å². The molecule has 1 aliphatic rings. The molecule has 0 bridgehead atoms. The van der Waals surface area contributed by atoms with Gasteiger partial charge in [0.1, 0.15) is 0 Å². The number of carbonyl (C=O) groups is 1. The first-order chi connectivity index (χ1) is 7.83. The highest BCUT2D eigenvalue weighted by Crippen LogP contribution is 2.38. The molecule has 0 amide bonds. The standard InChI is InChI=1S/C14H17ClO/c15-10-14(16)13-9-5-4-8-12(13)11-6-2-1-3-7-11/h1-3,6-7,12-13H,4-5,8-10H2/t12-,13+/m1/s1. The highest BCUT2D eigenvalue weighted by molar-refractivity contribution is 6.28. The summed E-state index contributed by atoms with van der Waals surface area (Å²) in [6.07, 6.45) is 4.52. The van der Waals surface area contributed by atoms with Crippen molar-refractivity contribution < 1.29 is 4.79 Å². The topological polar surface area (TPSA) is 17.1 Å². The maximum absolute atomic E-state index is 11.8. The molecule has 0 aliphatic heterocycles. The molecule has 0 N–H and O–H groups in total. The van der Waals surface area contributed by atoms with Crippen LogP contribution >= 0.6 is 11.6 Å². The summed E-state index contributed by atoms with van der Waals surface area (Å²) in [5, 5.41) is 0. The van der Waals surface area contributed by atoms with E-state index in [-0.39, 0.29) is 17.6 Å². The van der Waals surface area contributed by atoms with Crippen LogP contribution < -0.4 is 0 Å². The molecule has 16 heavy (non-hydrogen) atoms. The van der Waals surface area contributed by atoms with Crippen molar-refractivity contribution in [1.82, 2.24) is 0 Å². The molecule has 0 aromatic heterocycles. The predicted molar refractivity (Wildman–Crippen MR) is 66.9 cm³/mol. The van der Waals surface area contributed by atoms with Gasteiger partial charge in [-0.25, -0.2) is 0 Å². The van der Waals surface area contributed by atoms with Crippen molar-refractivity contribution in [2.75, 3.05) is 5.88 Å². The fourth-order valence-corrected chi connectivity index (χ4v) is 2.91. The van der Waals surface area contributed by atoms with Crippen LogP contribution in [0.15, 0.2) is 30.3 Å². The van der Waals surface area contributed by atoms with Gasteiger partial charge >= 0.3 is 0 Å². The molecule has 1 saturated carbocycles. The van der Waals surface area contributed by atoms with Gasteiger partial charge in [-0.2, -0.15) is 0 Å². The Hall–Kier alpha value is -0.820. The molecule has 2 atom stereocenters. The molecule has 1 nitrogen and oxygen atoms in total. The molecule has 2 rings (SSSR count). The summed E-state index contributed by atoms with van der Waals surface area (Å²) < 4.78 is 0. The third-order valence-electron chi connectivity index (χ3n) is 3.54. The zero-order valence-electron chi connectivity index (χ0n) is 9.36. The fourth-order valence-electron chi connectivity index (χ4n) is 2.71. The number of ketones is 1. The quantitative estimate of drug-likeness (QED) is 0.731. The first-order valence-electron chi connectivity index (χ1n) is 5.96. The molecule has 2 heteroatoms. The van der Waals surface area contributed by atoms with E-state index in [0.29, 0.717) is 5.92 Å². The van der Waals surface area contributed by atoms with Crippen molar-refractivity contribution in [3.63, 3.8) is 0 Å². The number of carbonyl (C=O) groups excluding carboxylic acids is 1. The van der Waals surface area contributed by atoms with Gasteiger partial charge in [-0.15, -0.1) is 11.6 Å². The summed E-state index contributed by atoms with van der Waals surface area (Å²) in [4.78, 5) is 11.8. The predicted octanol–water partition coefficient (Wildman–Crippen LogP) is 3.77. The number of halogens is 1. The number of alkyl halides is 1. The zero-order valence-corrected chi connectivity index (χ0v) is 10.1. The van der Waals surface area contributed by atoms with Gasteiger partial charge in [-0.05, 0) is 24.3 Å². The Morgan fingerprint density at radius 1 is 1.19 bits per heavy atom. The van der Waals surface area contributed by atoms with E-state index in [2.05, 4.69) is 12.1 Å². The molecule has 1 aliphatic carbocycles. The second kappa shape index (κ2) is 5.49. The van der Waals surface area contributed by atoms with Crippen molar-refractivity contribution in [2.24, 2.45) is 5.92 Å². The summed E-state index contributed by atoms with van der Waals surface area (Å²) >= 11 is 5.69.